The summed E-state index contributed by atoms with van der Waals surface area (Å²) in [7, 11) is 3.63. The van der Waals surface area contributed by atoms with Gasteiger partial charge in [0.1, 0.15) is 5.69 Å². The van der Waals surface area contributed by atoms with Gasteiger partial charge in [-0.25, -0.2) is 0 Å². The zero-order chi connectivity index (χ0) is 16.3. The SMILES string of the molecule is CC(C)Cc1cc(C(=O)N(C)C(C)c2cccnc2)n(C)n1. The second-order valence-corrected chi connectivity index (χ2v) is 6.12. The first kappa shape index (κ1) is 16.2. The van der Waals surface area contributed by atoms with Crippen molar-refractivity contribution in [3.8, 4) is 0 Å². The largest absolute Gasteiger partial charge is 0.334 e. The predicted octanol–water partition coefficient (Wildman–Crippen LogP) is 2.85. The van der Waals surface area contributed by atoms with Crippen LogP contribution in [0.4, 0.5) is 0 Å². The Morgan fingerprint density at radius 1 is 1.36 bits per heavy atom. The molecule has 2 rings (SSSR count). The third-order valence-corrected chi connectivity index (χ3v) is 3.84. The topological polar surface area (TPSA) is 51.0 Å². The van der Waals surface area contributed by atoms with E-state index >= 15 is 0 Å². The summed E-state index contributed by atoms with van der Waals surface area (Å²) in [6, 6.07) is 5.73. The molecule has 0 saturated carbocycles. The number of amides is 1. The summed E-state index contributed by atoms with van der Waals surface area (Å²) >= 11 is 0. The maximum absolute atomic E-state index is 12.7. The highest BCUT2D eigenvalue weighted by Crippen LogP contribution is 2.20. The summed E-state index contributed by atoms with van der Waals surface area (Å²) in [6.45, 7) is 6.29. The normalized spacial score (nSPS) is 12.5. The van der Waals surface area contributed by atoms with E-state index in [2.05, 4.69) is 23.9 Å². The molecule has 22 heavy (non-hydrogen) atoms. The molecule has 0 aliphatic rings. The molecule has 1 atom stereocenters. The van der Waals surface area contributed by atoms with Crippen molar-refractivity contribution >= 4 is 5.91 Å². The average molecular weight is 300 g/mol. The Bertz CT molecular complexity index is 633. The lowest BCUT2D eigenvalue weighted by molar-refractivity contribution is 0.0731. The molecule has 5 heteroatoms. The van der Waals surface area contributed by atoms with Crippen molar-refractivity contribution in [1.29, 1.82) is 0 Å². The molecule has 0 bridgehead atoms. The van der Waals surface area contributed by atoms with Gasteiger partial charge in [-0.3, -0.25) is 14.5 Å². The van der Waals surface area contributed by atoms with E-state index < -0.39 is 0 Å². The molecule has 1 amide bonds. The summed E-state index contributed by atoms with van der Waals surface area (Å²) in [5.41, 5.74) is 2.60. The number of carbonyl (C=O) groups excluding carboxylic acids is 1. The molecule has 0 N–H and O–H groups in total. The molecule has 118 valence electrons. The van der Waals surface area contributed by atoms with Gasteiger partial charge in [-0.2, -0.15) is 5.10 Å². The van der Waals surface area contributed by atoms with E-state index in [1.807, 2.05) is 39.2 Å². The molecular formula is C17H24N4O. The Kier molecular flexibility index (Phi) is 4.96. The highest BCUT2D eigenvalue weighted by Gasteiger charge is 2.22. The Labute approximate surface area is 132 Å². The first-order chi connectivity index (χ1) is 10.4. The van der Waals surface area contributed by atoms with Gasteiger partial charge >= 0.3 is 0 Å². The van der Waals surface area contributed by atoms with Crippen molar-refractivity contribution in [3.63, 3.8) is 0 Å². The summed E-state index contributed by atoms with van der Waals surface area (Å²) in [6.07, 6.45) is 4.40. The number of pyridine rings is 1. The number of nitrogens with zero attached hydrogens (tertiary/aromatic N) is 4. The molecule has 2 aromatic heterocycles. The fraction of sp³-hybridized carbons (Fsp3) is 0.471. The van der Waals surface area contributed by atoms with Crippen LogP contribution in [0, 0.1) is 5.92 Å². The zero-order valence-electron chi connectivity index (χ0n) is 13.9. The number of carbonyl (C=O) groups is 1. The number of hydrogen-bond acceptors (Lipinski definition) is 3. The molecule has 0 saturated heterocycles. The summed E-state index contributed by atoms with van der Waals surface area (Å²) in [5, 5.41) is 4.44. The van der Waals surface area contributed by atoms with Gasteiger partial charge in [0.15, 0.2) is 0 Å². The van der Waals surface area contributed by atoms with Crippen LogP contribution >= 0.6 is 0 Å². The lowest BCUT2D eigenvalue weighted by Gasteiger charge is -2.25. The van der Waals surface area contributed by atoms with E-state index in [-0.39, 0.29) is 11.9 Å². The van der Waals surface area contributed by atoms with Gasteiger partial charge in [0.05, 0.1) is 11.7 Å². The van der Waals surface area contributed by atoms with Gasteiger partial charge in [0, 0.05) is 26.5 Å². The minimum absolute atomic E-state index is 0.0265. The first-order valence-electron chi connectivity index (χ1n) is 7.60. The molecule has 0 spiro atoms. The molecule has 0 aromatic carbocycles. The van der Waals surface area contributed by atoms with Crippen molar-refractivity contribution in [2.24, 2.45) is 13.0 Å². The summed E-state index contributed by atoms with van der Waals surface area (Å²) < 4.78 is 1.67. The molecule has 0 aliphatic heterocycles. The summed E-state index contributed by atoms with van der Waals surface area (Å²) in [4.78, 5) is 18.6. The van der Waals surface area contributed by atoms with Crippen LogP contribution in [-0.4, -0.2) is 32.6 Å². The third kappa shape index (κ3) is 3.53. The van der Waals surface area contributed by atoms with E-state index in [1.165, 1.54) is 0 Å². The van der Waals surface area contributed by atoms with Crippen molar-refractivity contribution in [3.05, 3.63) is 47.5 Å². The Hall–Kier alpha value is -2.17. The molecule has 0 radical (unpaired) electrons. The maximum atomic E-state index is 12.7. The fourth-order valence-electron chi connectivity index (χ4n) is 2.45. The first-order valence-corrected chi connectivity index (χ1v) is 7.60. The van der Waals surface area contributed by atoms with Crippen molar-refractivity contribution in [1.82, 2.24) is 19.7 Å². The van der Waals surface area contributed by atoms with Crippen LogP contribution in [0.15, 0.2) is 30.6 Å². The number of aryl methyl sites for hydroxylation is 1. The van der Waals surface area contributed by atoms with Gasteiger partial charge < -0.3 is 4.90 Å². The molecular weight excluding hydrogens is 276 g/mol. The monoisotopic (exact) mass is 300 g/mol. The Morgan fingerprint density at radius 3 is 2.68 bits per heavy atom. The molecule has 2 heterocycles. The number of rotatable bonds is 5. The highest BCUT2D eigenvalue weighted by molar-refractivity contribution is 5.92. The second-order valence-electron chi connectivity index (χ2n) is 6.12. The smallest absolute Gasteiger partial charge is 0.272 e. The van der Waals surface area contributed by atoms with Gasteiger partial charge in [0.2, 0.25) is 0 Å². The van der Waals surface area contributed by atoms with Crippen molar-refractivity contribution in [2.45, 2.75) is 33.2 Å². The summed E-state index contributed by atoms with van der Waals surface area (Å²) in [5.74, 6) is 0.492. The van der Waals surface area contributed by atoms with Gasteiger partial charge in [-0.1, -0.05) is 19.9 Å². The van der Waals surface area contributed by atoms with Gasteiger partial charge in [0.25, 0.3) is 5.91 Å². The van der Waals surface area contributed by atoms with Crippen LogP contribution in [0.5, 0.6) is 0 Å². The molecule has 5 nitrogen and oxygen atoms in total. The number of aromatic nitrogens is 3. The molecule has 2 aromatic rings. The van der Waals surface area contributed by atoms with Gasteiger partial charge in [-0.15, -0.1) is 0 Å². The molecule has 1 unspecified atom stereocenters. The fourth-order valence-corrected chi connectivity index (χ4v) is 2.45. The number of hydrogen-bond donors (Lipinski definition) is 0. The highest BCUT2D eigenvalue weighted by atomic mass is 16.2. The zero-order valence-corrected chi connectivity index (χ0v) is 13.9. The van der Waals surface area contributed by atoms with Crippen LogP contribution in [-0.2, 0) is 13.5 Å². The van der Waals surface area contributed by atoms with Crippen LogP contribution in [0.3, 0.4) is 0 Å². The van der Waals surface area contributed by atoms with E-state index in [1.54, 1.807) is 22.0 Å². The van der Waals surface area contributed by atoms with E-state index in [0.29, 0.717) is 11.6 Å². The Morgan fingerprint density at radius 2 is 2.09 bits per heavy atom. The average Bonchev–Trinajstić information content (AvgIpc) is 2.85. The van der Waals surface area contributed by atoms with Crippen LogP contribution in [0.1, 0.15) is 48.6 Å². The lowest BCUT2D eigenvalue weighted by atomic mass is 10.1. The van der Waals surface area contributed by atoms with E-state index in [4.69, 9.17) is 0 Å². The van der Waals surface area contributed by atoms with Crippen molar-refractivity contribution < 1.29 is 4.79 Å². The minimum Gasteiger partial charge on any atom is -0.334 e. The second kappa shape index (κ2) is 6.73. The van der Waals surface area contributed by atoms with Crippen LogP contribution < -0.4 is 0 Å². The predicted molar refractivity (Wildman–Crippen MR) is 86.5 cm³/mol. The standard InChI is InChI=1S/C17H24N4O/c1-12(2)9-15-10-16(21(5)19-15)17(22)20(4)13(3)14-7-6-8-18-11-14/h6-8,10-13H,9H2,1-5H3. The van der Waals surface area contributed by atoms with Crippen LogP contribution in [0.2, 0.25) is 0 Å². The third-order valence-electron chi connectivity index (χ3n) is 3.84. The van der Waals surface area contributed by atoms with Gasteiger partial charge in [-0.05, 0) is 37.0 Å². The quantitative estimate of drug-likeness (QED) is 0.853. The van der Waals surface area contributed by atoms with E-state index in [0.717, 1.165) is 17.7 Å². The maximum Gasteiger partial charge on any atom is 0.272 e. The van der Waals surface area contributed by atoms with Crippen molar-refractivity contribution in [2.75, 3.05) is 7.05 Å². The lowest BCUT2D eigenvalue weighted by Crippen LogP contribution is -2.31. The molecule has 0 fully saturated rings. The van der Waals surface area contributed by atoms with E-state index in [9.17, 15) is 4.79 Å². The Balaban J connectivity index is 2.18. The van der Waals surface area contributed by atoms with Crippen LogP contribution in [0.25, 0.3) is 0 Å². The minimum atomic E-state index is -0.0374. The molecule has 0 aliphatic carbocycles.